The van der Waals surface area contributed by atoms with Crippen molar-refractivity contribution in [3.63, 3.8) is 0 Å². The number of nitrogens with zero attached hydrogens (tertiary/aromatic N) is 2. The molecule has 2 aliphatic heterocycles. The Morgan fingerprint density at radius 2 is 1.70 bits per heavy atom. The number of carbonyl (C=O) groups is 2. The average molecular weight is 545 g/mol. The highest BCUT2D eigenvalue weighted by Crippen LogP contribution is 2.44. The van der Waals surface area contributed by atoms with Gasteiger partial charge >= 0.3 is 6.09 Å². The molecule has 0 radical (unpaired) electrons. The Morgan fingerprint density at radius 1 is 1.02 bits per heavy atom. The van der Waals surface area contributed by atoms with Crippen LogP contribution in [0.15, 0.2) is 48.5 Å². The quantitative estimate of drug-likeness (QED) is 0.373. The van der Waals surface area contributed by atoms with Gasteiger partial charge in [0.2, 0.25) is 0 Å². The lowest BCUT2D eigenvalue weighted by Crippen LogP contribution is -2.50. The Bertz CT molecular complexity index is 1260. The number of carbonyl (C=O) groups excluding carboxylic acids is 2. The molecule has 2 aromatic carbocycles. The minimum absolute atomic E-state index is 0.0594. The van der Waals surface area contributed by atoms with Gasteiger partial charge in [-0.05, 0) is 94.4 Å². The Labute approximate surface area is 239 Å². The van der Waals surface area contributed by atoms with Crippen LogP contribution in [0.2, 0.25) is 0 Å². The summed E-state index contributed by atoms with van der Waals surface area (Å²) >= 11 is 0. The lowest BCUT2D eigenvalue weighted by atomic mass is 9.82. The summed E-state index contributed by atoms with van der Waals surface area (Å²) in [5.41, 5.74) is 4.28. The summed E-state index contributed by atoms with van der Waals surface area (Å²) in [6.45, 7) is 12.2. The predicted molar refractivity (Wildman–Crippen MR) is 159 cm³/mol. The highest BCUT2D eigenvalue weighted by Gasteiger charge is 2.41. The molecule has 2 aromatic rings. The van der Waals surface area contributed by atoms with E-state index in [0.717, 1.165) is 34.8 Å². The molecule has 1 saturated heterocycles. The fourth-order valence-electron chi connectivity index (χ4n) is 5.76. The van der Waals surface area contributed by atoms with E-state index in [-0.39, 0.29) is 12.0 Å². The molecule has 2 amide bonds. The van der Waals surface area contributed by atoms with Gasteiger partial charge in [0.25, 0.3) is 5.91 Å². The molecular weight excluding hydrogens is 500 g/mol. The molecule has 1 spiro atoms. The molecule has 0 aromatic heterocycles. The van der Waals surface area contributed by atoms with Crippen molar-refractivity contribution < 1.29 is 19.1 Å². The van der Waals surface area contributed by atoms with Crippen molar-refractivity contribution in [3.8, 4) is 5.75 Å². The molecule has 0 N–H and O–H groups in total. The summed E-state index contributed by atoms with van der Waals surface area (Å²) in [6, 6.07) is 14.7. The Balaban J connectivity index is 1.43. The van der Waals surface area contributed by atoms with Crippen LogP contribution in [-0.4, -0.2) is 59.2 Å². The first-order valence-electron chi connectivity index (χ1n) is 15.0. The van der Waals surface area contributed by atoms with E-state index in [1.54, 1.807) is 4.90 Å². The van der Waals surface area contributed by atoms with Gasteiger partial charge in [0.05, 0.1) is 0 Å². The summed E-state index contributed by atoms with van der Waals surface area (Å²) in [5.74, 6) is 1.86. The van der Waals surface area contributed by atoms with E-state index < -0.39 is 11.2 Å². The van der Waals surface area contributed by atoms with E-state index in [1.165, 1.54) is 24.8 Å². The van der Waals surface area contributed by atoms with E-state index in [4.69, 9.17) is 9.47 Å². The Kier molecular flexibility index (Phi) is 7.98. The second-order valence-electron chi connectivity index (χ2n) is 12.6. The number of piperidine rings is 1. The number of hydrogen-bond acceptors (Lipinski definition) is 4. The summed E-state index contributed by atoms with van der Waals surface area (Å²) < 4.78 is 12.4. The SMILES string of the molecule is CCN(CC)C(=O)c1ccc(C2=CC3(CCN(C(=O)OC(C)(C)C)CC3)Oc3cc(CCC4CC4)ccc32)cc1. The highest BCUT2D eigenvalue weighted by atomic mass is 16.6. The molecule has 0 unspecified atom stereocenters. The number of rotatable bonds is 7. The lowest BCUT2D eigenvalue weighted by Gasteiger charge is -2.43. The number of ether oxygens (including phenoxy) is 2. The number of amides is 2. The van der Waals surface area contributed by atoms with E-state index in [1.807, 2.05) is 51.7 Å². The first kappa shape index (κ1) is 28.3. The molecule has 3 aliphatic rings. The van der Waals surface area contributed by atoms with Crippen LogP contribution in [-0.2, 0) is 11.2 Å². The molecule has 2 heterocycles. The third kappa shape index (κ3) is 6.37. The first-order chi connectivity index (χ1) is 19.1. The van der Waals surface area contributed by atoms with Crippen LogP contribution < -0.4 is 4.74 Å². The number of benzene rings is 2. The van der Waals surface area contributed by atoms with Crippen LogP contribution in [0.4, 0.5) is 4.79 Å². The molecule has 1 aliphatic carbocycles. The van der Waals surface area contributed by atoms with Crippen molar-refractivity contribution in [3.05, 3.63) is 70.8 Å². The third-order valence-corrected chi connectivity index (χ3v) is 8.35. The van der Waals surface area contributed by atoms with Crippen molar-refractivity contribution in [1.82, 2.24) is 9.80 Å². The van der Waals surface area contributed by atoms with Gasteiger partial charge in [-0.25, -0.2) is 4.79 Å². The standard InChI is InChI=1S/C34H44N2O4/c1-6-35(7-2)31(37)27-15-13-26(14-16-27)29-23-34(18-20-36(21-19-34)32(38)40-33(3,4)5)39-30-22-25(12-17-28(29)30)11-10-24-8-9-24/h12-17,22-24H,6-11,18-21H2,1-5H3. The normalized spacial score (nSPS) is 18.0. The highest BCUT2D eigenvalue weighted by molar-refractivity contribution is 5.95. The molecule has 40 heavy (non-hydrogen) atoms. The fourth-order valence-corrected chi connectivity index (χ4v) is 5.76. The van der Waals surface area contributed by atoms with Crippen molar-refractivity contribution in [2.24, 2.45) is 5.92 Å². The van der Waals surface area contributed by atoms with Crippen molar-refractivity contribution in [1.29, 1.82) is 0 Å². The fraction of sp³-hybridized carbons (Fsp3) is 0.529. The van der Waals surface area contributed by atoms with E-state index in [0.29, 0.717) is 44.6 Å². The van der Waals surface area contributed by atoms with Crippen LogP contribution in [0.25, 0.3) is 5.57 Å². The van der Waals surface area contributed by atoms with Crippen molar-refractivity contribution >= 4 is 17.6 Å². The third-order valence-electron chi connectivity index (χ3n) is 8.35. The number of likely N-dealkylation sites (tertiary alicyclic amines) is 1. The predicted octanol–water partition coefficient (Wildman–Crippen LogP) is 7.11. The molecule has 0 atom stereocenters. The van der Waals surface area contributed by atoms with Crippen LogP contribution in [0.5, 0.6) is 5.75 Å². The lowest BCUT2D eigenvalue weighted by molar-refractivity contribution is -0.00118. The molecule has 6 heteroatoms. The summed E-state index contributed by atoms with van der Waals surface area (Å²) in [4.78, 5) is 29.3. The van der Waals surface area contributed by atoms with E-state index in [9.17, 15) is 9.59 Å². The van der Waals surface area contributed by atoms with Crippen LogP contribution in [0, 0.1) is 5.92 Å². The van der Waals surface area contributed by atoms with Crippen LogP contribution >= 0.6 is 0 Å². The molecule has 5 rings (SSSR count). The minimum atomic E-state index is -0.519. The average Bonchev–Trinajstić information content (AvgIpc) is 3.76. The smallest absolute Gasteiger partial charge is 0.410 e. The second kappa shape index (κ2) is 11.3. The Hall–Kier alpha value is -3.28. The van der Waals surface area contributed by atoms with Gasteiger partial charge in [0.15, 0.2) is 0 Å². The number of hydrogen-bond donors (Lipinski definition) is 0. The van der Waals surface area contributed by atoms with Gasteiger partial charge < -0.3 is 19.3 Å². The number of aryl methyl sites for hydroxylation is 1. The topological polar surface area (TPSA) is 59.1 Å². The van der Waals surface area contributed by atoms with Crippen molar-refractivity contribution in [2.75, 3.05) is 26.2 Å². The van der Waals surface area contributed by atoms with Gasteiger partial charge in [0.1, 0.15) is 17.0 Å². The maximum absolute atomic E-state index is 12.9. The van der Waals surface area contributed by atoms with E-state index >= 15 is 0 Å². The molecule has 0 bridgehead atoms. The van der Waals surface area contributed by atoms with Crippen LogP contribution in [0.3, 0.4) is 0 Å². The monoisotopic (exact) mass is 544 g/mol. The summed E-state index contributed by atoms with van der Waals surface area (Å²) in [5, 5.41) is 0. The molecule has 1 saturated carbocycles. The molecule has 6 nitrogen and oxygen atoms in total. The Morgan fingerprint density at radius 3 is 2.30 bits per heavy atom. The molecule has 2 fully saturated rings. The number of fused-ring (bicyclic) bond motifs is 1. The van der Waals surface area contributed by atoms with Gasteiger partial charge in [-0.3, -0.25) is 4.79 Å². The van der Waals surface area contributed by atoms with Gasteiger partial charge in [-0.15, -0.1) is 0 Å². The van der Waals surface area contributed by atoms with Gasteiger partial charge in [0, 0.05) is 50.1 Å². The largest absolute Gasteiger partial charge is 0.482 e. The minimum Gasteiger partial charge on any atom is -0.482 e. The summed E-state index contributed by atoms with van der Waals surface area (Å²) in [7, 11) is 0. The van der Waals surface area contributed by atoms with Gasteiger partial charge in [-0.1, -0.05) is 37.1 Å². The molecular formula is C34H44N2O4. The first-order valence-corrected chi connectivity index (χ1v) is 15.0. The zero-order chi connectivity index (χ0) is 28.5. The maximum Gasteiger partial charge on any atom is 0.410 e. The van der Waals surface area contributed by atoms with Crippen LogP contribution in [0.1, 0.15) is 93.8 Å². The summed E-state index contributed by atoms with van der Waals surface area (Å²) in [6.07, 6.45) is 8.41. The zero-order valence-electron chi connectivity index (χ0n) is 24.8. The zero-order valence-corrected chi connectivity index (χ0v) is 24.8. The molecule has 214 valence electrons. The van der Waals surface area contributed by atoms with Crippen molar-refractivity contribution in [2.45, 2.75) is 84.3 Å². The second-order valence-corrected chi connectivity index (χ2v) is 12.6. The maximum atomic E-state index is 12.9. The van der Waals surface area contributed by atoms with E-state index in [2.05, 4.69) is 36.4 Å². The van der Waals surface area contributed by atoms with Gasteiger partial charge in [-0.2, -0.15) is 0 Å².